The third-order valence-corrected chi connectivity index (χ3v) is 5.32. The lowest BCUT2D eigenvalue weighted by Crippen LogP contribution is -2.43. The van der Waals surface area contributed by atoms with Gasteiger partial charge in [-0.25, -0.2) is 4.39 Å². The van der Waals surface area contributed by atoms with Gasteiger partial charge in [-0.2, -0.15) is 8.78 Å². The van der Waals surface area contributed by atoms with Crippen molar-refractivity contribution in [3.63, 3.8) is 0 Å². The van der Waals surface area contributed by atoms with Crippen molar-refractivity contribution in [3.05, 3.63) is 53.9 Å². The largest absolute Gasteiger partial charge is 0.386 e. The Morgan fingerprint density at radius 3 is 2.30 bits per heavy atom. The first kappa shape index (κ1) is 22.2. The fourth-order valence-electron chi connectivity index (χ4n) is 3.59. The van der Waals surface area contributed by atoms with Crippen molar-refractivity contribution >= 4 is 5.91 Å². The number of rotatable bonds is 8. The molecule has 1 aromatic heterocycles. The predicted molar refractivity (Wildman–Crippen MR) is 108 cm³/mol. The molecule has 3 rings (SSSR count). The lowest BCUT2D eigenvalue weighted by Gasteiger charge is -2.25. The summed E-state index contributed by atoms with van der Waals surface area (Å²) in [6.45, 7) is 1.87. The summed E-state index contributed by atoms with van der Waals surface area (Å²) in [5.41, 5.74) is 3.08. The standard InChI is InChI=1S/C22H26F3N3O2/c23-12-19(27-22(30)21(24)25)20(29)16-6-4-15(5-7-16)17-8-9-18(26-13-17)14-28-10-2-1-3-11-28/h4-9,13,19-21,29H,1-3,10-12,14H2,(H,27,30). The Morgan fingerprint density at radius 2 is 1.73 bits per heavy atom. The van der Waals surface area contributed by atoms with Crippen LogP contribution in [0.5, 0.6) is 0 Å². The van der Waals surface area contributed by atoms with Crippen LogP contribution in [0.15, 0.2) is 42.6 Å². The zero-order valence-electron chi connectivity index (χ0n) is 16.6. The van der Waals surface area contributed by atoms with Crippen LogP contribution < -0.4 is 5.32 Å². The molecule has 0 spiro atoms. The van der Waals surface area contributed by atoms with Crippen molar-refractivity contribution in [3.8, 4) is 11.1 Å². The number of nitrogens with zero attached hydrogens (tertiary/aromatic N) is 2. The molecule has 2 heterocycles. The van der Waals surface area contributed by atoms with Crippen LogP contribution in [0.1, 0.15) is 36.6 Å². The number of carbonyl (C=O) groups is 1. The molecular weight excluding hydrogens is 395 g/mol. The van der Waals surface area contributed by atoms with E-state index in [4.69, 9.17) is 0 Å². The highest BCUT2D eigenvalue weighted by atomic mass is 19.3. The monoisotopic (exact) mass is 421 g/mol. The highest BCUT2D eigenvalue weighted by Crippen LogP contribution is 2.24. The Labute approximate surface area is 173 Å². The average molecular weight is 421 g/mol. The molecule has 2 unspecified atom stereocenters. The fraction of sp³-hybridized carbons (Fsp3) is 0.455. The van der Waals surface area contributed by atoms with Crippen LogP contribution in [-0.4, -0.2) is 53.1 Å². The maximum Gasteiger partial charge on any atom is 0.315 e. The van der Waals surface area contributed by atoms with Crippen LogP contribution >= 0.6 is 0 Å². The number of nitrogens with one attached hydrogen (secondary N) is 1. The van der Waals surface area contributed by atoms with Gasteiger partial charge >= 0.3 is 6.43 Å². The molecule has 1 aromatic carbocycles. The van der Waals surface area contributed by atoms with Crippen LogP contribution in [0, 0.1) is 0 Å². The maximum absolute atomic E-state index is 13.1. The minimum Gasteiger partial charge on any atom is -0.386 e. The van der Waals surface area contributed by atoms with Gasteiger partial charge in [0.05, 0.1) is 11.7 Å². The number of halogens is 3. The van der Waals surface area contributed by atoms with E-state index in [0.717, 1.165) is 36.5 Å². The summed E-state index contributed by atoms with van der Waals surface area (Å²) >= 11 is 0. The van der Waals surface area contributed by atoms with Gasteiger partial charge in [-0.3, -0.25) is 14.7 Å². The van der Waals surface area contributed by atoms with Crippen molar-refractivity contribution in [1.82, 2.24) is 15.2 Å². The number of amides is 1. The van der Waals surface area contributed by atoms with Crippen molar-refractivity contribution in [1.29, 1.82) is 0 Å². The van der Waals surface area contributed by atoms with E-state index in [1.54, 1.807) is 30.5 Å². The summed E-state index contributed by atoms with van der Waals surface area (Å²) in [6.07, 6.45) is 0.836. The lowest BCUT2D eigenvalue weighted by atomic mass is 9.99. The smallest absolute Gasteiger partial charge is 0.315 e. The molecule has 1 amide bonds. The Morgan fingerprint density at radius 1 is 1.07 bits per heavy atom. The number of hydrogen-bond donors (Lipinski definition) is 2. The molecule has 0 bridgehead atoms. The zero-order chi connectivity index (χ0) is 21.5. The minimum atomic E-state index is -3.26. The first-order valence-electron chi connectivity index (χ1n) is 10.1. The Kier molecular flexibility index (Phi) is 7.81. The molecule has 0 radical (unpaired) electrons. The highest BCUT2D eigenvalue weighted by molar-refractivity contribution is 5.79. The van der Waals surface area contributed by atoms with Crippen molar-refractivity contribution in [2.75, 3.05) is 19.8 Å². The van der Waals surface area contributed by atoms with Crippen LogP contribution in [0.25, 0.3) is 11.1 Å². The third-order valence-electron chi connectivity index (χ3n) is 5.32. The molecular formula is C22H26F3N3O2. The van der Waals surface area contributed by atoms with Crippen LogP contribution in [-0.2, 0) is 11.3 Å². The number of hydrogen-bond acceptors (Lipinski definition) is 4. The van der Waals surface area contributed by atoms with E-state index in [9.17, 15) is 23.1 Å². The maximum atomic E-state index is 13.1. The second-order valence-corrected chi connectivity index (χ2v) is 7.51. The molecule has 8 heteroatoms. The van der Waals surface area contributed by atoms with Crippen LogP contribution in [0.2, 0.25) is 0 Å². The van der Waals surface area contributed by atoms with E-state index in [0.29, 0.717) is 5.56 Å². The van der Waals surface area contributed by atoms with Gasteiger partial charge in [0.25, 0.3) is 5.91 Å². The van der Waals surface area contributed by atoms with Crippen LogP contribution in [0.4, 0.5) is 13.2 Å². The Hall–Kier alpha value is -2.45. The van der Waals surface area contributed by atoms with Crippen molar-refractivity contribution in [2.45, 2.75) is 44.4 Å². The van der Waals surface area contributed by atoms with Gasteiger partial charge in [0, 0.05) is 18.3 Å². The van der Waals surface area contributed by atoms with Gasteiger partial charge in [-0.15, -0.1) is 0 Å². The highest BCUT2D eigenvalue weighted by Gasteiger charge is 2.26. The van der Waals surface area contributed by atoms with Gasteiger partial charge in [0.1, 0.15) is 12.8 Å². The Bertz CT molecular complexity index is 809. The average Bonchev–Trinajstić information content (AvgIpc) is 2.78. The molecule has 1 aliphatic heterocycles. The van der Waals surface area contributed by atoms with Crippen molar-refractivity contribution < 1.29 is 23.1 Å². The van der Waals surface area contributed by atoms with Gasteiger partial charge < -0.3 is 10.4 Å². The minimum absolute atomic E-state index is 0.325. The number of aromatic nitrogens is 1. The normalized spacial score (nSPS) is 17.0. The zero-order valence-corrected chi connectivity index (χ0v) is 16.6. The number of benzene rings is 1. The van der Waals surface area contributed by atoms with E-state index in [-0.39, 0.29) is 0 Å². The molecule has 5 nitrogen and oxygen atoms in total. The number of likely N-dealkylation sites (tertiary alicyclic amines) is 1. The van der Waals surface area contributed by atoms with Gasteiger partial charge in [0.2, 0.25) is 0 Å². The molecule has 0 saturated carbocycles. The van der Waals surface area contributed by atoms with E-state index in [1.807, 2.05) is 17.4 Å². The first-order chi connectivity index (χ1) is 14.5. The summed E-state index contributed by atoms with van der Waals surface area (Å²) in [6, 6.07) is 9.18. The number of aliphatic hydroxyl groups is 1. The van der Waals surface area contributed by atoms with Gasteiger partial charge in [0.15, 0.2) is 0 Å². The number of piperidine rings is 1. The predicted octanol–water partition coefficient (Wildman–Crippen LogP) is 3.49. The topological polar surface area (TPSA) is 65.5 Å². The molecule has 30 heavy (non-hydrogen) atoms. The summed E-state index contributed by atoms with van der Waals surface area (Å²) < 4.78 is 37.9. The second kappa shape index (κ2) is 10.5. The third kappa shape index (κ3) is 5.79. The van der Waals surface area contributed by atoms with E-state index in [1.165, 1.54) is 19.3 Å². The molecule has 1 fully saturated rings. The summed E-state index contributed by atoms with van der Waals surface area (Å²) in [7, 11) is 0. The van der Waals surface area contributed by atoms with Gasteiger partial charge in [-0.1, -0.05) is 36.8 Å². The molecule has 2 atom stereocenters. The SMILES string of the molecule is O=C(NC(CF)C(O)c1ccc(-c2ccc(CN3CCCCC3)nc2)cc1)C(F)F. The molecule has 0 aliphatic carbocycles. The van der Waals surface area contributed by atoms with Crippen LogP contribution in [0.3, 0.4) is 0 Å². The number of aliphatic hydroxyl groups excluding tert-OH is 1. The molecule has 162 valence electrons. The Balaban J connectivity index is 1.63. The van der Waals surface area contributed by atoms with E-state index >= 15 is 0 Å². The number of alkyl halides is 3. The molecule has 2 aromatic rings. The number of carbonyl (C=O) groups excluding carboxylic acids is 1. The van der Waals surface area contributed by atoms with Crippen molar-refractivity contribution in [2.24, 2.45) is 0 Å². The summed E-state index contributed by atoms with van der Waals surface area (Å²) in [5, 5.41) is 12.1. The van der Waals surface area contributed by atoms with Gasteiger partial charge in [-0.05, 0) is 43.1 Å². The van der Waals surface area contributed by atoms with E-state index < -0.39 is 31.2 Å². The fourth-order valence-corrected chi connectivity index (χ4v) is 3.59. The molecule has 1 saturated heterocycles. The summed E-state index contributed by atoms with van der Waals surface area (Å²) in [4.78, 5) is 18.0. The summed E-state index contributed by atoms with van der Waals surface area (Å²) in [5.74, 6) is -1.61. The second-order valence-electron chi connectivity index (χ2n) is 7.51. The quantitative estimate of drug-likeness (QED) is 0.685. The first-order valence-corrected chi connectivity index (χ1v) is 10.1. The molecule has 2 N–H and O–H groups in total. The lowest BCUT2D eigenvalue weighted by molar-refractivity contribution is -0.133. The molecule has 1 aliphatic rings. The number of pyridine rings is 1. The van der Waals surface area contributed by atoms with E-state index in [2.05, 4.69) is 9.88 Å².